The quantitative estimate of drug-likeness (QED) is 0.656. The summed E-state index contributed by atoms with van der Waals surface area (Å²) >= 11 is 12.0. The lowest BCUT2D eigenvalue weighted by Crippen LogP contribution is -2.52. The number of carbonyl (C=O) groups excluding carboxylic acids is 2. The molecule has 7 heteroatoms. The third kappa shape index (κ3) is 4.60. The molecule has 2 saturated heterocycles. The van der Waals surface area contributed by atoms with Crippen molar-refractivity contribution in [1.29, 1.82) is 0 Å². The SMILES string of the molecule is O=C1C[C@H](N2CCN(C/C=C/c3ccccc3)CC2)C(=O)N1c1ccc(Cl)c(Cl)c1. The third-order valence-corrected chi connectivity index (χ3v) is 6.34. The van der Waals surface area contributed by atoms with Crippen molar-refractivity contribution in [3.63, 3.8) is 0 Å². The third-order valence-electron chi connectivity index (χ3n) is 5.61. The van der Waals surface area contributed by atoms with Crippen LogP contribution >= 0.6 is 23.2 Å². The summed E-state index contributed by atoms with van der Waals surface area (Å²) in [5.74, 6) is -0.382. The number of imide groups is 1. The van der Waals surface area contributed by atoms with Crippen molar-refractivity contribution in [1.82, 2.24) is 9.80 Å². The van der Waals surface area contributed by atoms with Crippen LogP contribution in [0.3, 0.4) is 0 Å². The van der Waals surface area contributed by atoms with Crippen LogP contribution in [0.25, 0.3) is 6.08 Å². The zero-order valence-corrected chi connectivity index (χ0v) is 18.0. The zero-order valence-electron chi connectivity index (χ0n) is 16.5. The normalized spacial score (nSPS) is 21.1. The van der Waals surface area contributed by atoms with Crippen LogP contribution in [0.2, 0.25) is 10.0 Å². The molecule has 0 saturated carbocycles. The Morgan fingerprint density at radius 3 is 2.37 bits per heavy atom. The molecule has 30 heavy (non-hydrogen) atoms. The van der Waals surface area contributed by atoms with Gasteiger partial charge in [-0.1, -0.05) is 65.7 Å². The summed E-state index contributed by atoms with van der Waals surface area (Å²) in [4.78, 5) is 31.3. The minimum atomic E-state index is -0.408. The van der Waals surface area contributed by atoms with E-state index in [0.717, 1.165) is 32.7 Å². The molecule has 0 bridgehead atoms. The monoisotopic (exact) mass is 443 g/mol. The minimum absolute atomic E-state index is 0.184. The van der Waals surface area contributed by atoms with Crippen LogP contribution in [0, 0.1) is 0 Å². The van der Waals surface area contributed by atoms with Crippen molar-refractivity contribution in [2.45, 2.75) is 12.5 Å². The summed E-state index contributed by atoms with van der Waals surface area (Å²) < 4.78 is 0. The van der Waals surface area contributed by atoms with Crippen molar-refractivity contribution < 1.29 is 9.59 Å². The first kappa shape index (κ1) is 21.1. The molecule has 5 nitrogen and oxygen atoms in total. The summed E-state index contributed by atoms with van der Waals surface area (Å²) in [7, 11) is 0. The highest BCUT2D eigenvalue weighted by Crippen LogP contribution is 2.31. The van der Waals surface area contributed by atoms with E-state index >= 15 is 0 Å². The van der Waals surface area contributed by atoms with Crippen LogP contribution in [-0.4, -0.2) is 60.4 Å². The maximum Gasteiger partial charge on any atom is 0.251 e. The van der Waals surface area contributed by atoms with Crippen LogP contribution in [0.4, 0.5) is 5.69 Å². The average Bonchev–Trinajstić information content (AvgIpc) is 3.05. The second kappa shape index (κ2) is 9.31. The Hall–Kier alpha value is -2.18. The van der Waals surface area contributed by atoms with Crippen molar-refractivity contribution >= 4 is 46.8 Å². The molecule has 2 aliphatic rings. The first-order valence-electron chi connectivity index (χ1n) is 10.0. The van der Waals surface area contributed by atoms with E-state index in [0.29, 0.717) is 15.7 Å². The van der Waals surface area contributed by atoms with Crippen LogP contribution in [0.5, 0.6) is 0 Å². The number of piperazine rings is 1. The number of halogens is 2. The number of hydrogen-bond donors (Lipinski definition) is 0. The molecule has 2 fully saturated rings. The molecule has 2 aliphatic heterocycles. The standard InChI is InChI=1S/C23H23Cl2N3O2/c24-19-9-8-18(15-20(19)25)28-22(29)16-21(23(28)30)27-13-11-26(12-14-27)10-4-7-17-5-2-1-3-6-17/h1-9,15,21H,10-14,16H2/b7-4+/t21-/m0/s1. The van der Waals surface area contributed by atoms with Gasteiger partial charge in [-0.05, 0) is 23.8 Å². The predicted molar refractivity (Wildman–Crippen MR) is 121 cm³/mol. The van der Waals surface area contributed by atoms with E-state index in [9.17, 15) is 9.59 Å². The maximum absolute atomic E-state index is 13.0. The summed E-state index contributed by atoms with van der Waals surface area (Å²) in [6.45, 7) is 4.12. The molecule has 2 aromatic carbocycles. The number of nitrogens with zero attached hydrogens (tertiary/aromatic N) is 3. The van der Waals surface area contributed by atoms with Gasteiger partial charge in [-0.15, -0.1) is 0 Å². The molecule has 0 aromatic heterocycles. The van der Waals surface area contributed by atoms with Gasteiger partial charge in [-0.3, -0.25) is 19.4 Å². The highest BCUT2D eigenvalue weighted by atomic mass is 35.5. The van der Waals surface area contributed by atoms with E-state index in [1.807, 2.05) is 18.2 Å². The molecule has 0 aliphatic carbocycles. The lowest BCUT2D eigenvalue weighted by atomic mass is 10.1. The Bertz CT molecular complexity index is 956. The number of rotatable bonds is 5. The van der Waals surface area contributed by atoms with Gasteiger partial charge < -0.3 is 0 Å². The molecule has 0 radical (unpaired) electrons. The van der Waals surface area contributed by atoms with Gasteiger partial charge in [0.25, 0.3) is 5.91 Å². The molecule has 156 valence electrons. The molecule has 0 unspecified atom stereocenters. The molecule has 1 atom stereocenters. The van der Waals surface area contributed by atoms with Gasteiger partial charge in [0.15, 0.2) is 0 Å². The summed E-state index contributed by atoms with van der Waals surface area (Å²) in [6.07, 6.45) is 4.49. The van der Waals surface area contributed by atoms with E-state index in [4.69, 9.17) is 23.2 Å². The molecule has 0 N–H and O–H groups in total. The lowest BCUT2D eigenvalue weighted by molar-refractivity contribution is -0.123. The van der Waals surface area contributed by atoms with Crippen LogP contribution in [0.1, 0.15) is 12.0 Å². The molecular formula is C23H23Cl2N3O2. The highest BCUT2D eigenvalue weighted by molar-refractivity contribution is 6.42. The molecule has 2 aromatic rings. The van der Waals surface area contributed by atoms with E-state index in [1.54, 1.807) is 18.2 Å². The molecule has 2 amide bonds. The van der Waals surface area contributed by atoms with Gasteiger partial charge in [-0.25, -0.2) is 4.90 Å². The summed E-state index contributed by atoms with van der Waals surface area (Å²) in [6, 6.07) is 14.6. The maximum atomic E-state index is 13.0. The average molecular weight is 444 g/mol. The Labute approximate surface area is 186 Å². The second-order valence-electron chi connectivity index (χ2n) is 7.54. The van der Waals surface area contributed by atoms with Crippen LogP contribution in [-0.2, 0) is 9.59 Å². The Morgan fingerprint density at radius 2 is 1.67 bits per heavy atom. The van der Waals surface area contributed by atoms with Gasteiger partial charge in [0.2, 0.25) is 5.91 Å². The first-order chi connectivity index (χ1) is 14.5. The fraction of sp³-hybridized carbons (Fsp3) is 0.304. The molecular weight excluding hydrogens is 421 g/mol. The summed E-state index contributed by atoms with van der Waals surface area (Å²) in [5, 5.41) is 0.726. The van der Waals surface area contributed by atoms with E-state index in [2.05, 4.69) is 34.1 Å². The lowest BCUT2D eigenvalue weighted by Gasteiger charge is -2.36. The topological polar surface area (TPSA) is 43.9 Å². The number of amides is 2. The first-order valence-corrected chi connectivity index (χ1v) is 10.8. The predicted octanol–water partition coefficient (Wildman–Crippen LogP) is 3.96. The largest absolute Gasteiger partial charge is 0.297 e. The van der Waals surface area contributed by atoms with Crippen molar-refractivity contribution in [3.8, 4) is 0 Å². The van der Waals surface area contributed by atoms with E-state index in [-0.39, 0.29) is 18.2 Å². The van der Waals surface area contributed by atoms with Crippen molar-refractivity contribution in [2.75, 3.05) is 37.6 Å². The Kier molecular flexibility index (Phi) is 6.54. The fourth-order valence-electron chi connectivity index (χ4n) is 3.96. The number of anilines is 1. The minimum Gasteiger partial charge on any atom is -0.297 e. The Morgan fingerprint density at radius 1 is 0.933 bits per heavy atom. The van der Waals surface area contributed by atoms with Gasteiger partial charge in [-0.2, -0.15) is 0 Å². The van der Waals surface area contributed by atoms with Crippen LogP contribution < -0.4 is 4.90 Å². The fourth-order valence-corrected chi connectivity index (χ4v) is 4.25. The zero-order chi connectivity index (χ0) is 21.1. The molecule has 4 rings (SSSR count). The van der Waals surface area contributed by atoms with Gasteiger partial charge in [0, 0.05) is 32.7 Å². The molecule has 2 heterocycles. The highest BCUT2D eigenvalue weighted by Gasteiger charge is 2.43. The van der Waals surface area contributed by atoms with Gasteiger partial charge in [0.05, 0.1) is 28.2 Å². The summed E-state index contributed by atoms with van der Waals surface area (Å²) in [5.41, 5.74) is 1.67. The van der Waals surface area contributed by atoms with Crippen molar-refractivity contribution in [3.05, 3.63) is 70.2 Å². The van der Waals surface area contributed by atoms with Gasteiger partial charge >= 0.3 is 0 Å². The van der Waals surface area contributed by atoms with Gasteiger partial charge in [0.1, 0.15) is 0 Å². The van der Waals surface area contributed by atoms with Crippen molar-refractivity contribution in [2.24, 2.45) is 0 Å². The van der Waals surface area contributed by atoms with E-state index in [1.165, 1.54) is 10.5 Å². The molecule has 0 spiro atoms. The smallest absolute Gasteiger partial charge is 0.251 e. The second-order valence-corrected chi connectivity index (χ2v) is 8.35. The van der Waals surface area contributed by atoms with Crippen LogP contribution in [0.15, 0.2) is 54.6 Å². The number of hydrogen-bond acceptors (Lipinski definition) is 4. The number of benzene rings is 2. The van der Waals surface area contributed by atoms with E-state index < -0.39 is 6.04 Å². The number of carbonyl (C=O) groups is 2. The Balaban J connectivity index is 1.33.